The van der Waals surface area contributed by atoms with Crippen molar-refractivity contribution in [3.05, 3.63) is 53.9 Å². The Morgan fingerprint density at radius 1 is 1.18 bits per heavy atom. The lowest BCUT2D eigenvalue weighted by atomic mass is 10.2. The third-order valence-electron chi connectivity index (χ3n) is 2.81. The van der Waals surface area contributed by atoms with E-state index < -0.39 is 17.5 Å². The minimum absolute atomic E-state index is 0.156. The molecule has 22 heavy (non-hydrogen) atoms. The average Bonchev–Trinajstić information content (AvgIpc) is 2.51. The molecule has 7 heteroatoms. The van der Waals surface area contributed by atoms with Crippen molar-refractivity contribution < 1.29 is 18.3 Å². The van der Waals surface area contributed by atoms with E-state index in [2.05, 4.69) is 15.6 Å². The van der Waals surface area contributed by atoms with E-state index in [1.165, 1.54) is 12.3 Å². The first-order valence-corrected chi connectivity index (χ1v) is 6.55. The maximum absolute atomic E-state index is 13.1. The van der Waals surface area contributed by atoms with Crippen LogP contribution in [0.1, 0.15) is 10.5 Å². The van der Waals surface area contributed by atoms with Gasteiger partial charge in [-0.1, -0.05) is 0 Å². The molecular weight excluding hydrogens is 292 g/mol. The third-order valence-corrected chi connectivity index (χ3v) is 2.81. The van der Waals surface area contributed by atoms with Gasteiger partial charge in [-0.25, -0.2) is 8.78 Å². The normalized spacial score (nSPS) is 10.3. The zero-order valence-corrected chi connectivity index (χ0v) is 11.9. The largest absolute Gasteiger partial charge is 0.383 e. The van der Waals surface area contributed by atoms with Crippen LogP contribution in [0.25, 0.3) is 0 Å². The fraction of sp³-hybridized carbons (Fsp3) is 0.200. The second-order valence-corrected chi connectivity index (χ2v) is 4.43. The van der Waals surface area contributed by atoms with Crippen molar-refractivity contribution in [2.24, 2.45) is 0 Å². The molecule has 0 aliphatic heterocycles. The minimum Gasteiger partial charge on any atom is -0.383 e. The van der Waals surface area contributed by atoms with Crippen molar-refractivity contribution in [3.8, 4) is 0 Å². The highest BCUT2D eigenvalue weighted by Crippen LogP contribution is 2.15. The topological polar surface area (TPSA) is 63.2 Å². The van der Waals surface area contributed by atoms with Crippen molar-refractivity contribution in [3.63, 3.8) is 0 Å². The number of carbonyl (C=O) groups is 1. The van der Waals surface area contributed by atoms with Gasteiger partial charge in [0, 0.05) is 37.3 Å². The first-order valence-electron chi connectivity index (χ1n) is 6.55. The summed E-state index contributed by atoms with van der Waals surface area (Å²) in [7, 11) is 1.59. The van der Waals surface area contributed by atoms with Gasteiger partial charge in [0.15, 0.2) is 11.6 Å². The van der Waals surface area contributed by atoms with Gasteiger partial charge in [-0.05, 0) is 24.3 Å². The number of rotatable bonds is 6. The number of nitrogens with zero attached hydrogens (tertiary/aromatic N) is 1. The summed E-state index contributed by atoms with van der Waals surface area (Å²) >= 11 is 0. The minimum atomic E-state index is -1.03. The number of carbonyl (C=O) groups excluding carboxylic acids is 1. The summed E-state index contributed by atoms with van der Waals surface area (Å²) < 4.78 is 30.9. The Morgan fingerprint density at radius 2 is 2.00 bits per heavy atom. The van der Waals surface area contributed by atoms with Gasteiger partial charge in [0.25, 0.3) is 5.91 Å². The number of nitrogens with one attached hydrogen (secondary N) is 2. The highest BCUT2D eigenvalue weighted by atomic mass is 19.2. The second kappa shape index (κ2) is 7.46. The van der Waals surface area contributed by atoms with Crippen LogP contribution in [0.2, 0.25) is 0 Å². The van der Waals surface area contributed by atoms with Crippen LogP contribution in [0.5, 0.6) is 0 Å². The standard InChI is InChI=1S/C15H15F2N3O2/c1-22-7-6-18-10-4-5-19-14(9-10)15(21)20-11-2-3-12(16)13(17)8-11/h2-5,8-9H,6-7H2,1H3,(H,18,19)(H,20,21). The van der Waals surface area contributed by atoms with Gasteiger partial charge in [-0.3, -0.25) is 9.78 Å². The third kappa shape index (κ3) is 4.23. The van der Waals surface area contributed by atoms with Crippen molar-refractivity contribution in [2.45, 2.75) is 0 Å². The molecule has 0 unspecified atom stereocenters. The molecule has 0 aliphatic carbocycles. The predicted octanol–water partition coefficient (Wildman–Crippen LogP) is 2.67. The van der Waals surface area contributed by atoms with Crippen LogP contribution in [-0.4, -0.2) is 31.2 Å². The SMILES string of the molecule is COCCNc1ccnc(C(=O)Nc2ccc(F)c(F)c2)c1. The highest BCUT2D eigenvalue weighted by Gasteiger charge is 2.10. The molecule has 0 bridgehead atoms. The molecule has 1 amide bonds. The number of aromatic nitrogens is 1. The first kappa shape index (κ1) is 15.8. The number of methoxy groups -OCH3 is 1. The van der Waals surface area contributed by atoms with Crippen LogP contribution < -0.4 is 10.6 Å². The highest BCUT2D eigenvalue weighted by molar-refractivity contribution is 6.03. The van der Waals surface area contributed by atoms with Crippen LogP contribution in [0.3, 0.4) is 0 Å². The van der Waals surface area contributed by atoms with E-state index in [9.17, 15) is 13.6 Å². The van der Waals surface area contributed by atoms with E-state index in [1.807, 2.05) is 0 Å². The summed E-state index contributed by atoms with van der Waals surface area (Å²) in [5.74, 6) is -2.51. The van der Waals surface area contributed by atoms with Gasteiger partial charge < -0.3 is 15.4 Å². The molecule has 0 spiro atoms. The number of hydrogen-bond acceptors (Lipinski definition) is 4. The van der Waals surface area contributed by atoms with Crippen LogP contribution in [0, 0.1) is 11.6 Å². The van der Waals surface area contributed by atoms with Crippen LogP contribution in [0.15, 0.2) is 36.5 Å². The maximum Gasteiger partial charge on any atom is 0.274 e. The van der Waals surface area contributed by atoms with E-state index in [0.29, 0.717) is 18.8 Å². The average molecular weight is 307 g/mol. The van der Waals surface area contributed by atoms with Crippen molar-refractivity contribution in [1.29, 1.82) is 0 Å². The van der Waals surface area contributed by atoms with Crippen LogP contribution in [-0.2, 0) is 4.74 Å². The molecule has 0 saturated carbocycles. The van der Waals surface area contributed by atoms with Gasteiger partial charge >= 0.3 is 0 Å². The van der Waals surface area contributed by atoms with E-state index in [1.54, 1.807) is 19.2 Å². The number of pyridine rings is 1. The van der Waals surface area contributed by atoms with Gasteiger partial charge in [-0.2, -0.15) is 0 Å². The molecule has 2 aromatic rings. The number of hydrogen-bond donors (Lipinski definition) is 2. The van der Waals surface area contributed by atoms with E-state index in [4.69, 9.17) is 4.74 Å². The summed E-state index contributed by atoms with van der Waals surface area (Å²) in [5, 5.41) is 5.53. The molecule has 0 aliphatic rings. The molecule has 0 radical (unpaired) electrons. The molecule has 116 valence electrons. The van der Waals surface area contributed by atoms with Crippen molar-refractivity contribution in [1.82, 2.24) is 4.98 Å². The van der Waals surface area contributed by atoms with Gasteiger partial charge in [0.05, 0.1) is 6.61 Å². The molecule has 0 atom stereocenters. The second-order valence-electron chi connectivity index (χ2n) is 4.43. The fourth-order valence-corrected chi connectivity index (χ4v) is 1.73. The Kier molecular flexibility index (Phi) is 5.37. The predicted molar refractivity (Wildman–Crippen MR) is 78.9 cm³/mol. The van der Waals surface area contributed by atoms with Gasteiger partial charge in [0.2, 0.25) is 0 Å². The number of halogens is 2. The summed E-state index contributed by atoms with van der Waals surface area (Å²) in [6.45, 7) is 1.11. The summed E-state index contributed by atoms with van der Waals surface area (Å²) in [6, 6.07) is 6.40. The molecule has 2 rings (SSSR count). The molecule has 0 fully saturated rings. The Morgan fingerprint density at radius 3 is 2.73 bits per heavy atom. The number of benzene rings is 1. The zero-order valence-electron chi connectivity index (χ0n) is 11.9. The number of anilines is 2. The van der Waals surface area contributed by atoms with E-state index >= 15 is 0 Å². The molecule has 2 N–H and O–H groups in total. The van der Waals surface area contributed by atoms with E-state index in [-0.39, 0.29) is 11.4 Å². The lowest BCUT2D eigenvalue weighted by molar-refractivity contribution is 0.102. The van der Waals surface area contributed by atoms with Crippen LogP contribution >= 0.6 is 0 Å². The van der Waals surface area contributed by atoms with Gasteiger partial charge in [0.1, 0.15) is 5.69 Å². The molecule has 1 heterocycles. The smallest absolute Gasteiger partial charge is 0.274 e. The van der Waals surface area contributed by atoms with Gasteiger partial charge in [-0.15, -0.1) is 0 Å². The molecular formula is C15H15F2N3O2. The van der Waals surface area contributed by atoms with Crippen molar-refractivity contribution in [2.75, 3.05) is 30.9 Å². The lowest BCUT2D eigenvalue weighted by Crippen LogP contribution is -2.15. The number of ether oxygens (including phenoxy) is 1. The van der Waals surface area contributed by atoms with Crippen molar-refractivity contribution >= 4 is 17.3 Å². The van der Waals surface area contributed by atoms with Crippen LogP contribution in [0.4, 0.5) is 20.2 Å². The lowest BCUT2D eigenvalue weighted by Gasteiger charge is -2.08. The summed E-state index contributed by atoms with van der Waals surface area (Å²) in [4.78, 5) is 16.0. The Bertz CT molecular complexity index is 665. The molecule has 5 nitrogen and oxygen atoms in total. The Hall–Kier alpha value is -2.54. The molecule has 0 saturated heterocycles. The first-order chi connectivity index (χ1) is 10.6. The Labute approximate surface area is 126 Å². The fourth-order valence-electron chi connectivity index (χ4n) is 1.73. The molecule has 1 aromatic carbocycles. The monoisotopic (exact) mass is 307 g/mol. The zero-order chi connectivity index (χ0) is 15.9. The number of amides is 1. The molecule has 1 aromatic heterocycles. The summed E-state index contributed by atoms with van der Waals surface area (Å²) in [5.41, 5.74) is 1.03. The van der Waals surface area contributed by atoms with E-state index in [0.717, 1.165) is 12.1 Å². The summed E-state index contributed by atoms with van der Waals surface area (Å²) in [6.07, 6.45) is 1.48. The quantitative estimate of drug-likeness (QED) is 0.805. The Balaban J connectivity index is 2.05. The maximum atomic E-state index is 13.1.